The van der Waals surface area contributed by atoms with Gasteiger partial charge in [-0.1, -0.05) is 0 Å². The van der Waals surface area contributed by atoms with Gasteiger partial charge in [-0.15, -0.1) is 0 Å². The molecule has 1 atom stereocenters. The molecule has 0 fully saturated rings. The van der Waals surface area contributed by atoms with Gasteiger partial charge in [-0.05, 0) is 0 Å². The zero-order chi connectivity index (χ0) is 4.99. The van der Waals surface area contributed by atoms with Crippen LogP contribution in [0.3, 0.4) is 0 Å². The first-order valence-electron chi connectivity index (χ1n) is 1.85. The molecule has 0 saturated carbocycles. The Labute approximate surface area is 67.9 Å². The Bertz CT molecular complexity index is 56.9. The molecule has 0 aliphatic heterocycles. The third-order valence-corrected chi connectivity index (χ3v) is 1.97. The van der Waals surface area contributed by atoms with Crippen molar-refractivity contribution < 1.29 is 8.02 Å². The summed E-state index contributed by atoms with van der Waals surface area (Å²) in [5, 5.41) is 0.500. The fraction of sp³-hybridized carbons (Fsp3) is 1.00. The molecule has 0 aliphatic rings. The Hall–Kier alpha value is 1.20. The van der Waals surface area contributed by atoms with Crippen LogP contribution in [-0.4, -0.2) is 45.7 Å². The molecule has 0 spiro atoms. The van der Waals surface area contributed by atoms with E-state index in [1.165, 1.54) is 0 Å². The third kappa shape index (κ3) is 11.0. The maximum absolute atomic E-state index is 9.81. The van der Waals surface area contributed by atoms with Crippen LogP contribution in [-0.2, 0) is 3.83 Å². The minimum Gasteiger partial charge on any atom is 0 e. The zero-order valence-electron chi connectivity index (χ0n) is 4.18. The molecule has 1 unspecified atom stereocenters. The van der Waals surface area contributed by atoms with Gasteiger partial charge in [0.05, 0.1) is 0 Å². The van der Waals surface area contributed by atoms with Crippen molar-refractivity contribution in [3.8, 4) is 0 Å². The molecule has 0 rings (SSSR count). The first-order valence-corrected chi connectivity index (χ1v) is 4.52. The van der Waals surface area contributed by atoms with Crippen molar-refractivity contribution >= 4 is 41.5 Å². The van der Waals surface area contributed by atoms with Crippen molar-refractivity contribution in [2.75, 3.05) is 0 Å². The average molecular weight is 362 g/mol. The summed E-state index contributed by atoms with van der Waals surface area (Å²) < 4.78 is 17.9. The molecule has 4 radical (unpaired) electrons. The zero-order valence-corrected chi connectivity index (χ0v) is 9.78. The van der Waals surface area contributed by atoms with E-state index in [4.69, 9.17) is 4.19 Å². The van der Waals surface area contributed by atoms with Crippen LogP contribution in [0.15, 0.2) is 0 Å². The Morgan fingerprint density at radius 1 is 1.71 bits per heavy atom. The summed E-state index contributed by atoms with van der Waals surface area (Å²) in [5.74, 6) is 0. The van der Waals surface area contributed by atoms with Gasteiger partial charge in [0.2, 0.25) is 0 Å². The van der Waals surface area contributed by atoms with Gasteiger partial charge in [0.25, 0.3) is 0 Å². The summed E-state index contributed by atoms with van der Waals surface area (Å²) in [5.41, 5.74) is 0. The Balaban J connectivity index is 0. The molecule has 0 aromatic rings. The Morgan fingerprint density at radius 2 is 2.14 bits per heavy atom. The van der Waals surface area contributed by atoms with Gasteiger partial charge in [-0.25, -0.2) is 0 Å². The van der Waals surface area contributed by atoms with Gasteiger partial charge >= 0.3 is 40.8 Å². The van der Waals surface area contributed by atoms with Crippen LogP contribution in [0.5, 0.6) is 0 Å². The van der Waals surface area contributed by atoms with E-state index < -0.39 is 14.2 Å². The smallest absolute Gasteiger partial charge is 0 e. The fourth-order valence-corrected chi connectivity index (χ4v) is 0.907. The largest absolute Gasteiger partial charge is 0 e. The SMILES string of the molecule is CCC[Se](=O)O.[Pb]. The fourth-order valence-electron chi connectivity index (χ4n) is 0.175. The maximum atomic E-state index is 9.81. The molecule has 0 amide bonds. The quantitative estimate of drug-likeness (QED) is 0.699. The van der Waals surface area contributed by atoms with Crippen LogP contribution in [0.1, 0.15) is 13.3 Å². The van der Waals surface area contributed by atoms with Crippen molar-refractivity contribution in [2.24, 2.45) is 0 Å². The van der Waals surface area contributed by atoms with Gasteiger partial charge in [-0.3, -0.25) is 0 Å². The second-order valence-electron chi connectivity index (χ2n) is 1.03. The molecule has 4 heteroatoms. The van der Waals surface area contributed by atoms with E-state index >= 15 is 0 Å². The maximum Gasteiger partial charge on any atom is 0 e. The molecule has 0 heterocycles. The van der Waals surface area contributed by atoms with E-state index in [-0.39, 0.29) is 27.3 Å². The van der Waals surface area contributed by atoms with E-state index in [0.29, 0.717) is 5.32 Å². The third-order valence-electron chi connectivity index (χ3n) is 0.379. The molecule has 0 bridgehead atoms. The minimum atomic E-state index is -2.31. The number of hydrogen-bond acceptors (Lipinski definition) is 1. The van der Waals surface area contributed by atoms with Gasteiger partial charge < -0.3 is 0 Å². The summed E-state index contributed by atoms with van der Waals surface area (Å²) in [4.78, 5) is 0. The van der Waals surface area contributed by atoms with Crippen molar-refractivity contribution in [2.45, 2.75) is 18.7 Å². The van der Waals surface area contributed by atoms with Crippen LogP contribution in [0.4, 0.5) is 0 Å². The first-order chi connectivity index (χ1) is 2.77. The summed E-state index contributed by atoms with van der Waals surface area (Å²) >= 11 is -2.31. The van der Waals surface area contributed by atoms with Gasteiger partial charge in [0.15, 0.2) is 0 Å². The molecule has 7 heavy (non-hydrogen) atoms. The summed E-state index contributed by atoms with van der Waals surface area (Å²) in [6, 6.07) is 0. The standard InChI is InChI=1S/C3H8O2Se.Pb/c1-2-3-6(4)5;/h2-3H2,1H3,(H,4,5);. The summed E-state index contributed by atoms with van der Waals surface area (Å²) in [6.07, 6.45) is 0.824. The van der Waals surface area contributed by atoms with E-state index in [1.54, 1.807) is 0 Å². The van der Waals surface area contributed by atoms with Crippen LogP contribution in [0.25, 0.3) is 0 Å². The predicted molar refractivity (Wildman–Crippen MR) is 29.5 cm³/mol. The monoisotopic (exact) mass is 364 g/mol. The number of rotatable bonds is 2. The molecule has 0 aliphatic carbocycles. The predicted octanol–water partition coefficient (Wildman–Crippen LogP) is -0.0734. The van der Waals surface area contributed by atoms with E-state index in [9.17, 15) is 3.83 Å². The van der Waals surface area contributed by atoms with Crippen molar-refractivity contribution in [1.82, 2.24) is 0 Å². The second-order valence-corrected chi connectivity index (χ2v) is 3.23. The molecule has 0 saturated heterocycles. The van der Waals surface area contributed by atoms with Crippen molar-refractivity contribution in [3.63, 3.8) is 0 Å². The molecule has 0 aromatic carbocycles. The molecule has 1 N–H and O–H groups in total. The van der Waals surface area contributed by atoms with Gasteiger partial charge in [0, 0.05) is 27.3 Å². The van der Waals surface area contributed by atoms with E-state index in [0.717, 1.165) is 6.42 Å². The second kappa shape index (κ2) is 7.20. The minimum absolute atomic E-state index is 0. The molecular formula is C3H8O2PbSe. The van der Waals surface area contributed by atoms with E-state index in [2.05, 4.69) is 0 Å². The van der Waals surface area contributed by atoms with Crippen LogP contribution >= 0.6 is 0 Å². The molecule has 0 aromatic heterocycles. The molecular weight excluding hydrogens is 354 g/mol. The number of hydrogen-bond donors (Lipinski definition) is 1. The summed E-state index contributed by atoms with van der Waals surface area (Å²) in [6.45, 7) is 1.89. The summed E-state index contributed by atoms with van der Waals surface area (Å²) in [7, 11) is 0. The first kappa shape index (κ1) is 11.1. The average Bonchev–Trinajstić information content (AvgIpc) is 1.35. The van der Waals surface area contributed by atoms with Crippen molar-refractivity contribution in [1.29, 1.82) is 0 Å². The topological polar surface area (TPSA) is 37.3 Å². The van der Waals surface area contributed by atoms with Gasteiger partial charge in [-0.2, -0.15) is 0 Å². The van der Waals surface area contributed by atoms with Crippen molar-refractivity contribution in [3.05, 3.63) is 0 Å². The Morgan fingerprint density at radius 3 is 2.14 bits per heavy atom. The normalized spacial score (nSPS) is 12.3. The van der Waals surface area contributed by atoms with Gasteiger partial charge in [0.1, 0.15) is 0 Å². The molecule has 2 nitrogen and oxygen atoms in total. The molecule has 42 valence electrons. The van der Waals surface area contributed by atoms with Crippen LogP contribution in [0, 0.1) is 0 Å². The Kier molecular flexibility index (Phi) is 11.4. The van der Waals surface area contributed by atoms with Crippen LogP contribution < -0.4 is 0 Å². The van der Waals surface area contributed by atoms with Crippen LogP contribution in [0.2, 0.25) is 5.32 Å². The van der Waals surface area contributed by atoms with E-state index in [1.807, 2.05) is 6.92 Å².